The third kappa shape index (κ3) is 4.80. The number of rotatable bonds is 7. The monoisotopic (exact) mass is 465 g/mol. The molecule has 3 rings (SSSR count). The van der Waals surface area contributed by atoms with Crippen LogP contribution in [-0.2, 0) is 16.5 Å². The molecule has 2 atom stereocenters. The average Bonchev–Trinajstić information content (AvgIpc) is 3.17. The maximum Gasteiger partial charge on any atom is 0.332 e. The number of pyridine rings is 1. The lowest BCUT2D eigenvalue weighted by molar-refractivity contribution is 0.184. The molecule has 0 saturated heterocycles. The Labute approximate surface area is 188 Å². The number of aromatic nitrogens is 3. The first-order valence-corrected chi connectivity index (χ1v) is 11.9. The molecule has 32 heavy (non-hydrogen) atoms. The van der Waals surface area contributed by atoms with Crippen molar-refractivity contribution < 1.29 is 18.5 Å². The van der Waals surface area contributed by atoms with Crippen LogP contribution in [-0.4, -0.2) is 51.8 Å². The first-order chi connectivity index (χ1) is 15.1. The topological polar surface area (TPSA) is 143 Å². The van der Waals surface area contributed by atoms with E-state index >= 15 is 0 Å². The summed E-state index contributed by atoms with van der Waals surface area (Å²) < 4.78 is 36.2. The van der Waals surface area contributed by atoms with Crippen LogP contribution in [0.4, 0.5) is 10.5 Å². The molecule has 176 valence electrons. The number of anilines is 1. The minimum Gasteiger partial charge on any atom is -0.481 e. The minimum absolute atomic E-state index is 0.00512. The van der Waals surface area contributed by atoms with Crippen LogP contribution in [0.3, 0.4) is 0 Å². The van der Waals surface area contributed by atoms with Crippen molar-refractivity contribution in [2.45, 2.75) is 57.0 Å². The Morgan fingerprint density at radius 1 is 1.34 bits per heavy atom. The number of urea groups is 1. The normalized spacial score (nSPS) is 17.4. The lowest BCUT2D eigenvalue weighted by Gasteiger charge is -2.24. The van der Waals surface area contributed by atoms with Crippen molar-refractivity contribution in [1.82, 2.24) is 24.8 Å². The van der Waals surface area contributed by atoms with Crippen LogP contribution in [0, 0.1) is 4.78 Å². The standard InChI is InChI=1S/C20H31N7O4S/c1-11(2)14-7-16(30-6)24-17(12(3)4)18(14)25-20(28)26-32(21,29)15-8-23-27-9-13(22-5)10-31-19(15)27/h7-8,11-13,22H,9-10H2,1-6H3,(H3,21,25,26,28,29)/t13-,32-/m0/s1. The van der Waals surface area contributed by atoms with Crippen molar-refractivity contribution in [1.29, 1.82) is 4.78 Å². The fourth-order valence-electron chi connectivity index (χ4n) is 3.44. The van der Waals surface area contributed by atoms with Crippen LogP contribution < -0.4 is 24.8 Å². The molecule has 2 aromatic heterocycles. The van der Waals surface area contributed by atoms with Crippen LogP contribution in [0.2, 0.25) is 0 Å². The summed E-state index contributed by atoms with van der Waals surface area (Å²) in [6.45, 7) is 8.76. The van der Waals surface area contributed by atoms with Gasteiger partial charge in [0.25, 0.3) is 0 Å². The quantitative estimate of drug-likeness (QED) is 0.492. The van der Waals surface area contributed by atoms with E-state index in [1.54, 1.807) is 13.2 Å². The number of nitrogens with zero attached hydrogens (tertiary/aromatic N) is 3. The Morgan fingerprint density at radius 3 is 2.66 bits per heavy atom. The van der Waals surface area contributed by atoms with Gasteiger partial charge in [-0.2, -0.15) is 5.10 Å². The lowest BCUT2D eigenvalue weighted by Crippen LogP contribution is -2.40. The maximum atomic E-state index is 13.1. The molecular weight excluding hydrogens is 434 g/mol. The van der Waals surface area contributed by atoms with Gasteiger partial charge < -0.3 is 20.1 Å². The van der Waals surface area contributed by atoms with E-state index in [2.05, 4.69) is 25.4 Å². The second kappa shape index (κ2) is 9.33. The van der Waals surface area contributed by atoms with Crippen molar-refractivity contribution in [2.75, 3.05) is 26.1 Å². The Balaban J connectivity index is 1.87. The molecule has 0 radical (unpaired) electrons. The van der Waals surface area contributed by atoms with E-state index in [1.807, 2.05) is 34.7 Å². The molecule has 0 saturated carbocycles. The lowest BCUT2D eigenvalue weighted by atomic mass is 9.97. The first kappa shape index (κ1) is 23.8. The first-order valence-electron chi connectivity index (χ1n) is 10.4. The van der Waals surface area contributed by atoms with E-state index in [0.29, 0.717) is 30.4 Å². The van der Waals surface area contributed by atoms with Gasteiger partial charge in [-0.15, -0.1) is 0 Å². The molecule has 0 bridgehead atoms. The highest BCUT2D eigenvalue weighted by Crippen LogP contribution is 2.34. The van der Waals surface area contributed by atoms with Gasteiger partial charge in [-0.05, 0) is 24.4 Å². The highest BCUT2D eigenvalue weighted by atomic mass is 32.2. The summed E-state index contributed by atoms with van der Waals surface area (Å²) >= 11 is 0. The molecule has 3 heterocycles. The van der Waals surface area contributed by atoms with Gasteiger partial charge in [-0.1, -0.05) is 27.7 Å². The fraction of sp³-hybridized carbons (Fsp3) is 0.550. The summed E-state index contributed by atoms with van der Waals surface area (Å²) in [7, 11) is -0.363. The number of amides is 2. The SMILES string of the molecule is CN[C@@H]1COc2c([S@@](=N)(=O)NC(=O)Nc3c(C(C)C)cc(OC)nc3C(C)C)cnn2C1. The Kier molecular flexibility index (Phi) is 6.94. The minimum atomic E-state index is -3.72. The van der Waals surface area contributed by atoms with Crippen LogP contribution in [0.25, 0.3) is 0 Å². The molecule has 2 aromatic rings. The fourth-order valence-corrected chi connectivity index (χ4v) is 4.47. The molecule has 0 unspecified atom stereocenters. The number of hydrogen-bond acceptors (Lipinski definition) is 8. The number of nitrogens with one attached hydrogen (secondary N) is 4. The highest BCUT2D eigenvalue weighted by molar-refractivity contribution is 7.91. The van der Waals surface area contributed by atoms with Gasteiger partial charge in [0, 0.05) is 6.07 Å². The van der Waals surface area contributed by atoms with E-state index in [9.17, 15) is 9.00 Å². The molecule has 0 spiro atoms. The van der Waals surface area contributed by atoms with Crippen LogP contribution in [0.5, 0.6) is 11.8 Å². The largest absolute Gasteiger partial charge is 0.481 e. The molecule has 2 amide bonds. The number of likely N-dealkylation sites (N-methyl/N-ethyl adjacent to an activating group) is 1. The van der Waals surface area contributed by atoms with Gasteiger partial charge in [0.15, 0.2) is 9.92 Å². The molecule has 1 aliphatic rings. The van der Waals surface area contributed by atoms with E-state index in [4.69, 9.17) is 14.3 Å². The van der Waals surface area contributed by atoms with Gasteiger partial charge in [0.1, 0.15) is 11.5 Å². The Bertz CT molecular complexity index is 1070. The molecule has 1 aliphatic heterocycles. The third-order valence-electron chi connectivity index (χ3n) is 5.20. The summed E-state index contributed by atoms with van der Waals surface area (Å²) in [5.74, 6) is 0.746. The van der Waals surface area contributed by atoms with Crippen molar-refractivity contribution >= 4 is 21.6 Å². The number of ether oxygens (including phenoxy) is 2. The zero-order chi connectivity index (χ0) is 23.6. The van der Waals surface area contributed by atoms with Gasteiger partial charge in [0.05, 0.1) is 37.3 Å². The molecule has 11 nitrogen and oxygen atoms in total. The second-order valence-electron chi connectivity index (χ2n) is 8.23. The van der Waals surface area contributed by atoms with Crippen molar-refractivity contribution in [2.24, 2.45) is 0 Å². The van der Waals surface area contributed by atoms with Crippen molar-refractivity contribution in [3.05, 3.63) is 23.5 Å². The molecule has 12 heteroatoms. The third-order valence-corrected chi connectivity index (χ3v) is 6.57. The summed E-state index contributed by atoms with van der Waals surface area (Å²) in [5.41, 5.74) is 1.99. The molecular formula is C20H31N7O4S. The van der Waals surface area contributed by atoms with E-state index < -0.39 is 15.9 Å². The number of fused-ring (bicyclic) bond motifs is 1. The smallest absolute Gasteiger partial charge is 0.332 e. The zero-order valence-electron chi connectivity index (χ0n) is 19.2. The summed E-state index contributed by atoms with van der Waals surface area (Å²) in [4.78, 5) is 17.3. The Hall–Kier alpha value is -2.86. The van der Waals surface area contributed by atoms with Crippen LogP contribution in [0.15, 0.2) is 17.2 Å². The number of methoxy groups -OCH3 is 1. The van der Waals surface area contributed by atoms with E-state index in [1.165, 1.54) is 10.9 Å². The average molecular weight is 466 g/mol. The highest BCUT2D eigenvalue weighted by Gasteiger charge is 2.29. The molecule has 0 aliphatic carbocycles. The molecule has 0 aromatic carbocycles. The number of carbonyl (C=O) groups excluding carboxylic acids is 1. The number of hydrogen-bond donors (Lipinski definition) is 4. The van der Waals surface area contributed by atoms with E-state index in [0.717, 1.165) is 5.56 Å². The van der Waals surface area contributed by atoms with Crippen molar-refractivity contribution in [3.63, 3.8) is 0 Å². The number of carbonyl (C=O) groups is 1. The summed E-state index contributed by atoms with van der Waals surface area (Å²) in [6, 6.07) is 1.05. The summed E-state index contributed by atoms with van der Waals surface area (Å²) in [5, 5.41) is 10.0. The zero-order valence-corrected chi connectivity index (χ0v) is 20.0. The van der Waals surface area contributed by atoms with Gasteiger partial charge in [-0.25, -0.2) is 28.2 Å². The molecule has 4 N–H and O–H groups in total. The van der Waals surface area contributed by atoms with Gasteiger partial charge >= 0.3 is 6.03 Å². The summed E-state index contributed by atoms with van der Waals surface area (Å²) in [6.07, 6.45) is 1.30. The second-order valence-corrected chi connectivity index (χ2v) is 9.98. The van der Waals surface area contributed by atoms with Gasteiger partial charge in [0.2, 0.25) is 11.8 Å². The molecule has 0 fully saturated rings. The Morgan fingerprint density at radius 2 is 2.06 bits per heavy atom. The predicted octanol–water partition coefficient (Wildman–Crippen LogP) is 2.66. The van der Waals surface area contributed by atoms with Crippen LogP contribution in [0.1, 0.15) is 50.8 Å². The van der Waals surface area contributed by atoms with Crippen molar-refractivity contribution in [3.8, 4) is 11.8 Å². The van der Waals surface area contributed by atoms with Crippen LogP contribution >= 0.6 is 0 Å². The van der Waals surface area contributed by atoms with Gasteiger partial charge in [-0.3, -0.25) is 0 Å². The van der Waals surface area contributed by atoms with E-state index in [-0.39, 0.29) is 28.7 Å². The maximum absolute atomic E-state index is 13.1. The predicted molar refractivity (Wildman–Crippen MR) is 121 cm³/mol.